The first kappa shape index (κ1) is 10.8. The van der Waals surface area contributed by atoms with Gasteiger partial charge in [0.1, 0.15) is 0 Å². The highest BCUT2D eigenvalue weighted by molar-refractivity contribution is 6.02. The molecule has 2 aromatic heterocycles. The van der Waals surface area contributed by atoms with Crippen LogP contribution in [0.3, 0.4) is 0 Å². The van der Waals surface area contributed by atoms with Crippen LogP contribution in [-0.4, -0.2) is 20.9 Å². The standard InChI is InChI=1S/C14H12N2O2/c1-9(17)15-5-3-11-7-12-4-6-16(10(2)18)14(12)8-13(11)15/h3-8H,1-2H3. The van der Waals surface area contributed by atoms with Crippen molar-refractivity contribution in [3.63, 3.8) is 0 Å². The molecule has 0 N–H and O–H groups in total. The molecule has 3 rings (SSSR count). The molecule has 18 heavy (non-hydrogen) atoms. The van der Waals surface area contributed by atoms with Gasteiger partial charge in [-0.2, -0.15) is 0 Å². The van der Waals surface area contributed by atoms with Crippen LogP contribution < -0.4 is 0 Å². The van der Waals surface area contributed by atoms with E-state index in [1.165, 1.54) is 13.8 Å². The Balaban J connectivity index is 2.42. The van der Waals surface area contributed by atoms with Gasteiger partial charge in [-0.3, -0.25) is 18.7 Å². The smallest absolute Gasteiger partial charge is 0.227 e. The first-order chi connectivity index (χ1) is 8.58. The second-order valence-corrected chi connectivity index (χ2v) is 4.38. The van der Waals surface area contributed by atoms with E-state index in [1.807, 2.05) is 24.3 Å². The quantitative estimate of drug-likeness (QED) is 0.606. The molecule has 0 atom stereocenters. The fraction of sp³-hybridized carbons (Fsp3) is 0.143. The molecule has 0 saturated carbocycles. The maximum absolute atomic E-state index is 11.5. The van der Waals surface area contributed by atoms with Crippen molar-refractivity contribution in [3.05, 3.63) is 36.7 Å². The molecule has 4 heteroatoms. The van der Waals surface area contributed by atoms with Gasteiger partial charge in [-0.25, -0.2) is 0 Å². The highest BCUT2D eigenvalue weighted by Gasteiger charge is 2.10. The minimum Gasteiger partial charge on any atom is -0.287 e. The van der Waals surface area contributed by atoms with E-state index in [-0.39, 0.29) is 11.8 Å². The number of carbonyl (C=O) groups excluding carboxylic acids is 2. The number of hydrogen-bond acceptors (Lipinski definition) is 2. The summed E-state index contributed by atoms with van der Waals surface area (Å²) in [7, 11) is 0. The molecule has 0 spiro atoms. The Labute approximate surface area is 103 Å². The van der Waals surface area contributed by atoms with E-state index < -0.39 is 0 Å². The van der Waals surface area contributed by atoms with Crippen LogP contribution in [0.25, 0.3) is 21.8 Å². The molecular weight excluding hydrogens is 228 g/mol. The van der Waals surface area contributed by atoms with Crippen molar-refractivity contribution in [2.75, 3.05) is 0 Å². The molecule has 0 aliphatic heterocycles. The Morgan fingerprint density at radius 3 is 1.67 bits per heavy atom. The lowest BCUT2D eigenvalue weighted by atomic mass is 10.2. The number of nitrogens with zero attached hydrogens (tertiary/aromatic N) is 2. The maximum Gasteiger partial charge on any atom is 0.227 e. The molecule has 0 fully saturated rings. The lowest BCUT2D eigenvalue weighted by Gasteiger charge is -2.02. The molecule has 0 bridgehead atoms. The fourth-order valence-electron chi connectivity index (χ4n) is 2.32. The summed E-state index contributed by atoms with van der Waals surface area (Å²) in [6, 6.07) is 7.68. The molecular formula is C14H12N2O2. The lowest BCUT2D eigenvalue weighted by Crippen LogP contribution is -2.05. The van der Waals surface area contributed by atoms with Crippen molar-refractivity contribution in [1.82, 2.24) is 9.13 Å². The Morgan fingerprint density at radius 1 is 0.833 bits per heavy atom. The molecule has 1 aromatic carbocycles. The van der Waals surface area contributed by atoms with E-state index in [1.54, 1.807) is 21.5 Å². The third kappa shape index (κ3) is 1.39. The summed E-state index contributed by atoms with van der Waals surface area (Å²) in [6.07, 6.45) is 3.51. The zero-order valence-electron chi connectivity index (χ0n) is 10.2. The van der Waals surface area contributed by atoms with Gasteiger partial charge in [-0.05, 0) is 24.3 Å². The van der Waals surface area contributed by atoms with E-state index in [2.05, 4.69) is 0 Å². The Morgan fingerprint density at radius 2 is 1.28 bits per heavy atom. The zero-order valence-corrected chi connectivity index (χ0v) is 10.2. The number of benzene rings is 1. The largest absolute Gasteiger partial charge is 0.287 e. The number of carbonyl (C=O) groups is 2. The minimum atomic E-state index is -0.0368. The van der Waals surface area contributed by atoms with Gasteiger partial charge in [0.25, 0.3) is 0 Å². The van der Waals surface area contributed by atoms with Crippen LogP contribution in [0.2, 0.25) is 0 Å². The summed E-state index contributed by atoms with van der Waals surface area (Å²) >= 11 is 0. The third-order valence-corrected chi connectivity index (χ3v) is 3.18. The molecule has 0 aliphatic rings. The molecule has 0 amide bonds. The summed E-state index contributed by atoms with van der Waals surface area (Å²) < 4.78 is 3.18. The average molecular weight is 240 g/mol. The average Bonchev–Trinajstić information content (AvgIpc) is 2.87. The molecule has 4 nitrogen and oxygen atoms in total. The van der Waals surface area contributed by atoms with Crippen LogP contribution in [0.1, 0.15) is 23.4 Å². The van der Waals surface area contributed by atoms with Crippen LogP contribution in [0.5, 0.6) is 0 Å². The maximum atomic E-state index is 11.5. The summed E-state index contributed by atoms with van der Waals surface area (Å²) in [5.41, 5.74) is 1.66. The van der Waals surface area contributed by atoms with E-state index in [9.17, 15) is 9.59 Å². The Kier molecular flexibility index (Phi) is 2.13. The van der Waals surface area contributed by atoms with Crippen molar-refractivity contribution in [2.45, 2.75) is 13.8 Å². The van der Waals surface area contributed by atoms with Crippen LogP contribution in [0.4, 0.5) is 0 Å². The van der Waals surface area contributed by atoms with Gasteiger partial charge in [0.05, 0.1) is 11.0 Å². The van der Waals surface area contributed by atoms with Gasteiger partial charge in [-0.1, -0.05) is 0 Å². The molecule has 0 radical (unpaired) electrons. The van der Waals surface area contributed by atoms with E-state index in [0.717, 1.165) is 21.8 Å². The van der Waals surface area contributed by atoms with Crippen LogP contribution in [0, 0.1) is 0 Å². The molecule has 90 valence electrons. The highest BCUT2D eigenvalue weighted by Crippen LogP contribution is 2.24. The first-order valence-electron chi connectivity index (χ1n) is 5.72. The van der Waals surface area contributed by atoms with Crippen molar-refractivity contribution in [3.8, 4) is 0 Å². The van der Waals surface area contributed by atoms with Gasteiger partial charge in [0.15, 0.2) is 0 Å². The number of hydrogen-bond donors (Lipinski definition) is 0. The summed E-state index contributed by atoms with van der Waals surface area (Å²) in [6.45, 7) is 3.04. The summed E-state index contributed by atoms with van der Waals surface area (Å²) in [5.74, 6) is -0.0736. The second kappa shape index (κ2) is 3.57. The van der Waals surface area contributed by atoms with Crippen LogP contribution in [0.15, 0.2) is 36.7 Å². The van der Waals surface area contributed by atoms with Crippen molar-refractivity contribution < 1.29 is 9.59 Å². The van der Waals surface area contributed by atoms with E-state index in [0.29, 0.717) is 0 Å². The monoisotopic (exact) mass is 240 g/mol. The molecule has 0 aliphatic carbocycles. The normalized spacial score (nSPS) is 11.2. The van der Waals surface area contributed by atoms with E-state index in [4.69, 9.17) is 0 Å². The Bertz CT molecular complexity index is 729. The van der Waals surface area contributed by atoms with Crippen molar-refractivity contribution in [1.29, 1.82) is 0 Å². The Hall–Kier alpha value is -2.36. The van der Waals surface area contributed by atoms with Gasteiger partial charge < -0.3 is 0 Å². The predicted molar refractivity (Wildman–Crippen MR) is 70.0 cm³/mol. The number of rotatable bonds is 0. The zero-order chi connectivity index (χ0) is 12.9. The van der Waals surface area contributed by atoms with Crippen LogP contribution >= 0.6 is 0 Å². The van der Waals surface area contributed by atoms with Crippen molar-refractivity contribution in [2.24, 2.45) is 0 Å². The van der Waals surface area contributed by atoms with Gasteiger partial charge in [0.2, 0.25) is 11.8 Å². The summed E-state index contributed by atoms with van der Waals surface area (Å²) in [5, 5.41) is 2.00. The van der Waals surface area contributed by atoms with Crippen LogP contribution in [-0.2, 0) is 0 Å². The predicted octanol–water partition coefficient (Wildman–Crippen LogP) is 2.92. The van der Waals surface area contributed by atoms with Crippen molar-refractivity contribution >= 4 is 33.6 Å². The van der Waals surface area contributed by atoms with E-state index >= 15 is 0 Å². The summed E-state index contributed by atoms with van der Waals surface area (Å²) in [4.78, 5) is 23.0. The minimum absolute atomic E-state index is 0.0368. The molecule has 0 saturated heterocycles. The SMILES string of the molecule is CC(=O)n1ccc2cc3ccn(C(C)=O)c3cc21. The highest BCUT2D eigenvalue weighted by atomic mass is 16.2. The lowest BCUT2D eigenvalue weighted by molar-refractivity contribution is 0.0934. The first-order valence-corrected chi connectivity index (χ1v) is 5.72. The molecule has 3 aromatic rings. The van der Waals surface area contributed by atoms with Gasteiger partial charge in [0, 0.05) is 37.0 Å². The fourth-order valence-corrected chi connectivity index (χ4v) is 2.32. The van der Waals surface area contributed by atoms with Gasteiger partial charge >= 0.3 is 0 Å². The molecule has 0 unspecified atom stereocenters. The van der Waals surface area contributed by atoms with Gasteiger partial charge in [-0.15, -0.1) is 0 Å². The third-order valence-electron chi connectivity index (χ3n) is 3.18. The topological polar surface area (TPSA) is 44.0 Å². The number of aromatic nitrogens is 2. The number of fused-ring (bicyclic) bond motifs is 2. The second-order valence-electron chi connectivity index (χ2n) is 4.38. The molecule has 2 heterocycles.